The summed E-state index contributed by atoms with van der Waals surface area (Å²) in [6.07, 6.45) is 0. The molecule has 2 rings (SSSR count). The molecule has 102 valence electrons. The first kappa shape index (κ1) is 13.5. The summed E-state index contributed by atoms with van der Waals surface area (Å²) in [7, 11) is 1.48. The van der Waals surface area contributed by atoms with Gasteiger partial charge in [-0.15, -0.1) is 0 Å². The van der Waals surface area contributed by atoms with Crippen LogP contribution in [0, 0.1) is 10.1 Å². The van der Waals surface area contributed by atoms with Crippen LogP contribution in [-0.2, 0) is 0 Å². The van der Waals surface area contributed by atoms with Crippen molar-refractivity contribution in [2.24, 2.45) is 0 Å². The first-order valence-corrected chi connectivity index (χ1v) is 5.69. The Kier molecular flexibility index (Phi) is 3.65. The molecule has 0 fully saturated rings. The van der Waals surface area contributed by atoms with Crippen molar-refractivity contribution in [1.82, 2.24) is 0 Å². The number of ether oxygens (including phenoxy) is 1. The zero-order valence-corrected chi connectivity index (χ0v) is 10.6. The maximum Gasteiger partial charge on any atom is 0.336 e. The Labute approximate surface area is 114 Å². The second-order valence-corrected chi connectivity index (χ2v) is 3.99. The summed E-state index contributed by atoms with van der Waals surface area (Å²) in [6.45, 7) is 0. The lowest BCUT2D eigenvalue weighted by atomic mass is 9.98. The Balaban J connectivity index is 2.67. The summed E-state index contributed by atoms with van der Waals surface area (Å²) in [5, 5.41) is 20.0. The Bertz CT molecular complexity index is 681. The summed E-state index contributed by atoms with van der Waals surface area (Å²) in [5.74, 6) is -0.724. The van der Waals surface area contributed by atoms with Gasteiger partial charge in [0, 0.05) is 23.3 Å². The number of nitro groups is 1. The van der Waals surface area contributed by atoms with E-state index in [0.29, 0.717) is 16.9 Å². The summed E-state index contributed by atoms with van der Waals surface area (Å²) < 4.78 is 5.19. The van der Waals surface area contributed by atoms with Gasteiger partial charge in [-0.25, -0.2) is 4.79 Å². The van der Waals surface area contributed by atoms with E-state index in [-0.39, 0.29) is 11.3 Å². The minimum atomic E-state index is -1.23. The number of carboxylic acids is 1. The number of aromatic carboxylic acids is 1. The number of hydrogen-bond donors (Lipinski definition) is 1. The summed E-state index contributed by atoms with van der Waals surface area (Å²) in [6, 6.07) is 10.6. The van der Waals surface area contributed by atoms with Crippen LogP contribution < -0.4 is 4.74 Å². The number of hydrogen-bond acceptors (Lipinski definition) is 4. The van der Waals surface area contributed by atoms with Gasteiger partial charge >= 0.3 is 5.97 Å². The van der Waals surface area contributed by atoms with Gasteiger partial charge in [0.2, 0.25) is 0 Å². The Morgan fingerprint density at radius 1 is 1.20 bits per heavy atom. The van der Waals surface area contributed by atoms with Gasteiger partial charge in [-0.2, -0.15) is 0 Å². The number of carbonyl (C=O) groups is 1. The summed E-state index contributed by atoms with van der Waals surface area (Å²) in [4.78, 5) is 21.4. The van der Waals surface area contributed by atoms with E-state index in [4.69, 9.17) is 4.74 Å². The molecule has 6 nitrogen and oxygen atoms in total. The predicted octanol–water partition coefficient (Wildman–Crippen LogP) is 2.97. The summed E-state index contributed by atoms with van der Waals surface area (Å²) >= 11 is 0. The van der Waals surface area contributed by atoms with Gasteiger partial charge in [-0.3, -0.25) is 10.1 Å². The van der Waals surface area contributed by atoms with Crippen LogP contribution >= 0.6 is 0 Å². The quantitative estimate of drug-likeness (QED) is 0.683. The first-order chi connectivity index (χ1) is 9.54. The molecule has 2 aromatic carbocycles. The van der Waals surface area contributed by atoms with Crippen LogP contribution in [-0.4, -0.2) is 23.1 Å². The number of carboxylic acid groups (broad SMARTS) is 1. The zero-order valence-electron chi connectivity index (χ0n) is 10.6. The number of rotatable bonds is 4. The standard InChI is InChI=1S/C14H11NO5/c1-20-13-5-3-2-4-11(13)10-7-6-9(15(18)19)8-12(10)14(16)17/h2-8H,1H3,(H,16,17). The molecule has 0 heterocycles. The zero-order chi connectivity index (χ0) is 14.7. The highest BCUT2D eigenvalue weighted by Crippen LogP contribution is 2.33. The van der Waals surface area contributed by atoms with Crippen molar-refractivity contribution < 1.29 is 19.6 Å². The molecule has 20 heavy (non-hydrogen) atoms. The highest BCUT2D eigenvalue weighted by atomic mass is 16.6. The highest BCUT2D eigenvalue weighted by molar-refractivity contribution is 5.97. The molecular weight excluding hydrogens is 262 g/mol. The molecule has 0 spiro atoms. The molecule has 0 radical (unpaired) electrons. The molecule has 2 aromatic rings. The Morgan fingerprint density at radius 3 is 2.50 bits per heavy atom. The minimum absolute atomic E-state index is 0.135. The second kappa shape index (κ2) is 5.40. The van der Waals surface area contributed by atoms with E-state index in [2.05, 4.69) is 0 Å². The fraction of sp³-hybridized carbons (Fsp3) is 0.0714. The lowest BCUT2D eigenvalue weighted by Gasteiger charge is -2.10. The van der Waals surface area contributed by atoms with Gasteiger partial charge in [-0.05, 0) is 12.1 Å². The van der Waals surface area contributed by atoms with Crippen molar-refractivity contribution in [3.8, 4) is 16.9 Å². The van der Waals surface area contributed by atoms with Crippen LogP contribution in [0.5, 0.6) is 5.75 Å². The number of nitrogens with zero attached hydrogens (tertiary/aromatic N) is 1. The average molecular weight is 273 g/mol. The van der Waals surface area contributed by atoms with Crippen LogP contribution in [0.25, 0.3) is 11.1 Å². The molecule has 6 heteroatoms. The van der Waals surface area contributed by atoms with Crippen molar-refractivity contribution >= 4 is 11.7 Å². The maximum atomic E-state index is 11.3. The van der Waals surface area contributed by atoms with Gasteiger partial charge in [0.15, 0.2) is 0 Å². The van der Waals surface area contributed by atoms with Gasteiger partial charge in [0.05, 0.1) is 17.6 Å². The topological polar surface area (TPSA) is 89.7 Å². The first-order valence-electron chi connectivity index (χ1n) is 5.69. The molecule has 0 bridgehead atoms. The van der Waals surface area contributed by atoms with Crippen molar-refractivity contribution in [3.05, 3.63) is 58.1 Å². The summed E-state index contributed by atoms with van der Waals surface area (Å²) in [5.41, 5.74) is 0.549. The van der Waals surface area contributed by atoms with Crippen LogP contribution in [0.2, 0.25) is 0 Å². The van der Waals surface area contributed by atoms with Crippen molar-refractivity contribution in [2.45, 2.75) is 0 Å². The highest BCUT2D eigenvalue weighted by Gasteiger charge is 2.18. The normalized spacial score (nSPS) is 10.1. The van der Waals surface area contributed by atoms with Gasteiger partial charge < -0.3 is 9.84 Å². The molecule has 0 aliphatic carbocycles. The van der Waals surface area contributed by atoms with Gasteiger partial charge in [-0.1, -0.05) is 18.2 Å². The van der Waals surface area contributed by atoms with Crippen molar-refractivity contribution in [1.29, 1.82) is 0 Å². The lowest BCUT2D eigenvalue weighted by molar-refractivity contribution is -0.384. The van der Waals surface area contributed by atoms with Gasteiger partial charge in [0.1, 0.15) is 5.75 Å². The van der Waals surface area contributed by atoms with Crippen LogP contribution in [0.1, 0.15) is 10.4 Å². The second-order valence-electron chi connectivity index (χ2n) is 3.99. The number of methoxy groups -OCH3 is 1. The molecule has 0 saturated heterocycles. The van der Waals surface area contributed by atoms with E-state index in [1.807, 2.05) is 0 Å². The third-order valence-electron chi connectivity index (χ3n) is 2.84. The molecule has 0 saturated carbocycles. The monoisotopic (exact) mass is 273 g/mol. The average Bonchev–Trinajstić information content (AvgIpc) is 2.46. The maximum absolute atomic E-state index is 11.3. The Hall–Kier alpha value is -2.89. The molecule has 0 aromatic heterocycles. The fourth-order valence-electron chi connectivity index (χ4n) is 1.92. The largest absolute Gasteiger partial charge is 0.496 e. The van der Waals surface area contributed by atoms with E-state index in [1.165, 1.54) is 19.2 Å². The van der Waals surface area contributed by atoms with Gasteiger partial charge in [0.25, 0.3) is 5.69 Å². The van der Waals surface area contributed by atoms with E-state index in [1.54, 1.807) is 24.3 Å². The van der Waals surface area contributed by atoms with Crippen LogP contribution in [0.3, 0.4) is 0 Å². The Morgan fingerprint density at radius 2 is 1.90 bits per heavy atom. The van der Waals surface area contributed by atoms with Crippen molar-refractivity contribution in [2.75, 3.05) is 7.11 Å². The number of non-ortho nitro benzene ring substituents is 1. The number of nitro benzene ring substituents is 1. The third kappa shape index (κ3) is 2.44. The number of benzene rings is 2. The molecule has 0 aliphatic rings. The van der Waals surface area contributed by atoms with Crippen molar-refractivity contribution in [3.63, 3.8) is 0 Å². The van der Waals surface area contributed by atoms with E-state index < -0.39 is 10.9 Å². The molecule has 0 atom stereocenters. The molecule has 0 aliphatic heterocycles. The molecule has 0 unspecified atom stereocenters. The minimum Gasteiger partial charge on any atom is -0.496 e. The van der Waals surface area contributed by atoms with E-state index in [0.717, 1.165) is 6.07 Å². The SMILES string of the molecule is COc1ccccc1-c1ccc([N+](=O)[O-])cc1C(=O)O. The smallest absolute Gasteiger partial charge is 0.336 e. The fourth-order valence-corrected chi connectivity index (χ4v) is 1.92. The predicted molar refractivity (Wildman–Crippen MR) is 72.0 cm³/mol. The molecular formula is C14H11NO5. The molecule has 0 amide bonds. The third-order valence-corrected chi connectivity index (χ3v) is 2.84. The van der Waals surface area contributed by atoms with Crippen LogP contribution in [0.15, 0.2) is 42.5 Å². The molecule has 1 N–H and O–H groups in total. The van der Waals surface area contributed by atoms with E-state index in [9.17, 15) is 20.0 Å². The number of para-hydroxylation sites is 1. The lowest BCUT2D eigenvalue weighted by Crippen LogP contribution is -2.02. The van der Waals surface area contributed by atoms with Crippen LogP contribution in [0.4, 0.5) is 5.69 Å². The van der Waals surface area contributed by atoms with E-state index >= 15 is 0 Å².